The number of benzene rings is 2. The van der Waals surface area contributed by atoms with Crippen LogP contribution < -0.4 is 20.7 Å². The Hall–Kier alpha value is -2.93. The van der Waals surface area contributed by atoms with Gasteiger partial charge >= 0.3 is 0 Å². The molecule has 0 fully saturated rings. The SMILES string of the molecule is CC(C)(C)c1cc(C(=Nc2ccc3c(c2)OCO3)NN)c(O)cc1O. The third-order valence-corrected chi connectivity index (χ3v) is 3.91. The quantitative estimate of drug-likeness (QED) is 0.289. The smallest absolute Gasteiger partial charge is 0.231 e. The number of fused-ring (bicyclic) bond motifs is 1. The van der Waals surface area contributed by atoms with Gasteiger partial charge < -0.3 is 25.1 Å². The predicted molar refractivity (Wildman–Crippen MR) is 94.6 cm³/mol. The van der Waals surface area contributed by atoms with Crippen LogP contribution in [0.1, 0.15) is 31.9 Å². The number of nitrogens with zero attached hydrogens (tertiary/aromatic N) is 1. The molecule has 0 aromatic heterocycles. The van der Waals surface area contributed by atoms with Crippen molar-refractivity contribution in [1.82, 2.24) is 5.43 Å². The number of nitrogens with one attached hydrogen (secondary N) is 1. The second-order valence-corrected chi connectivity index (χ2v) is 6.78. The van der Waals surface area contributed by atoms with Crippen LogP contribution in [0, 0.1) is 0 Å². The Bertz CT molecular complexity index is 841. The Morgan fingerprint density at radius 3 is 2.48 bits per heavy atom. The Morgan fingerprint density at radius 1 is 1.08 bits per heavy atom. The lowest BCUT2D eigenvalue weighted by atomic mass is 9.85. The number of phenols is 2. The minimum absolute atomic E-state index is 0.0215. The first-order chi connectivity index (χ1) is 11.8. The molecule has 5 N–H and O–H groups in total. The fourth-order valence-electron chi connectivity index (χ4n) is 2.62. The third kappa shape index (κ3) is 3.32. The molecule has 1 heterocycles. The van der Waals surface area contributed by atoms with Crippen molar-refractivity contribution >= 4 is 11.5 Å². The molecule has 0 aliphatic carbocycles. The molecule has 1 aliphatic heterocycles. The molecule has 7 heteroatoms. The van der Waals surface area contributed by atoms with E-state index in [1.54, 1.807) is 24.3 Å². The fourth-order valence-corrected chi connectivity index (χ4v) is 2.62. The van der Waals surface area contributed by atoms with Gasteiger partial charge in [-0.2, -0.15) is 0 Å². The molecule has 0 saturated heterocycles. The van der Waals surface area contributed by atoms with E-state index >= 15 is 0 Å². The van der Waals surface area contributed by atoms with Crippen LogP contribution in [-0.4, -0.2) is 22.8 Å². The van der Waals surface area contributed by atoms with E-state index in [1.165, 1.54) is 6.07 Å². The fraction of sp³-hybridized carbons (Fsp3) is 0.278. The molecule has 0 spiro atoms. The van der Waals surface area contributed by atoms with Crippen LogP contribution in [0.25, 0.3) is 0 Å². The molecule has 0 bridgehead atoms. The van der Waals surface area contributed by atoms with E-state index in [2.05, 4.69) is 10.4 Å². The lowest BCUT2D eigenvalue weighted by molar-refractivity contribution is 0.174. The van der Waals surface area contributed by atoms with E-state index in [9.17, 15) is 10.2 Å². The number of hydrogen-bond acceptors (Lipinski definition) is 6. The molecule has 0 saturated carbocycles. The third-order valence-electron chi connectivity index (χ3n) is 3.91. The van der Waals surface area contributed by atoms with Crippen LogP contribution in [0.5, 0.6) is 23.0 Å². The maximum atomic E-state index is 10.2. The standard InChI is InChI=1S/C18H21N3O4/c1-18(2,3)12-7-11(13(22)8-14(12)23)17(21-19)20-10-4-5-15-16(6-10)25-9-24-15/h4-8,22-23H,9,19H2,1-3H3,(H,20,21). The molecular weight excluding hydrogens is 322 g/mol. The topological polar surface area (TPSA) is 109 Å². The highest BCUT2D eigenvalue weighted by Crippen LogP contribution is 2.37. The normalized spacial score (nSPS) is 13.8. The van der Waals surface area contributed by atoms with Crippen LogP contribution in [0.2, 0.25) is 0 Å². The summed E-state index contributed by atoms with van der Waals surface area (Å²) in [7, 11) is 0. The van der Waals surface area contributed by atoms with Gasteiger partial charge in [0.2, 0.25) is 6.79 Å². The minimum Gasteiger partial charge on any atom is -0.508 e. The van der Waals surface area contributed by atoms with Crippen molar-refractivity contribution in [2.45, 2.75) is 26.2 Å². The van der Waals surface area contributed by atoms with Crippen molar-refractivity contribution in [1.29, 1.82) is 0 Å². The van der Waals surface area contributed by atoms with Gasteiger partial charge in [-0.1, -0.05) is 20.8 Å². The first kappa shape index (κ1) is 16.9. The largest absolute Gasteiger partial charge is 0.508 e. The van der Waals surface area contributed by atoms with E-state index in [1.807, 2.05) is 20.8 Å². The number of amidine groups is 1. The van der Waals surface area contributed by atoms with E-state index in [4.69, 9.17) is 15.3 Å². The molecule has 2 aromatic rings. The van der Waals surface area contributed by atoms with Gasteiger partial charge in [0.05, 0.1) is 11.3 Å². The number of ether oxygens (including phenoxy) is 2. The van der Waals surface area contributed by atoms with Gasteiger partial charge in [-0.3, -0.25) is 0 Å². The van der Waals surface area contributed by atoms with E-state index in [-0.39, 0.29) is 29.5 Å². The summed E-state index contributed by atoms with van der Waals surface area (Å²) >= 11 is 0. The van der Waals surface area contributed by atoms with Crippen LogP contribution >= 0.6 is 0 Å². The molecule has 7 nitrogen and oxygen atoms in total. The molecule has 3 rings (SSSR count). The Kier molecular flexibility index (Phi) is 4.18. The number of nitrogens with two attached hydrogens (primary N) is 1. The van der Waals surface area contributed by atoms with Gasteiger partial charge in [0.1, 0.15) is 11.5 Å². The summed E-state index contributed by atoms with van der Waals surface area (Å²) in [6.07, 6.45) is 0. The average molecular weight is 343 g/mol. The molecule has 0 radical (unpaired) electrons. The Morgan fingerprint density at radius 2 is 1.80 bits per heavy atom. The van der Waals surface area contributed by atoms with Crippen LogP contribution in [0.4, 0.5) is 5.69 Å². The predicted octanol–water partition coefficient (Wildman–Crippen LogP) is 2.67. The average Bonchev–Trinajstić information content (AvgIpc) is 2.99. The van der Waals surface area contributed by atoms with Gasteiger partial charge in [0, 0.05) is 17.7 Å². The van der Waals surface area contributed by atoms with E-state index < -0.39 is 0 Å². The first-order valence-electron chi connectivity index (χ1n) is 7.81. The van der Waals surface area contributed by atoms with Gasteiger partial charge in [-0.25, -0.2) is 10.8 Å². The summed E-state index contributed by atoms with van der Waals surface area (Å²) in [4.78, 5) is 4.44. The van der Waals surface area contributed by atoms with Gasteiger partial charge in [-0.05, 0) is 23.6 Å². The van der Waals surface area contributed by atoms with Gasteiger partial charge in [0.15, 0.2) is 17.3 Å². The molecule has 2 aromatic carbocycles. The Labute approximate surface area is 145 Å². The molecule has 0 amide bonds. The van der Waals surface area contributed by atoms with Crippen LogP contribution in [0.15, 0.2) is 35.3 Å². The number of rotatable bonds is 2. The zero-order valence-electron chi connectivity index (χ0n) is 14.3. The lowest BCUT2D eigenvalue weighted by Crippen LogP contribution is -2.31. The van der Waals surface area contributed by atoms with Gasteiger partial charge in [-0.15, -0.1) is 0 Å². The molecule has 1 aliphatic rings. The number of hydrogen-bond donors (Lipinski definition) is 4. The summed E-state index contributed by atoms with van der Waals surface area (Å²) in [5.41, 5.74) is 3.85. The maximum absolute atomic E-state index is 10.2. The zero-order valence-corrected chi connectivity index (χ0v) is 14.3. The summed E-state index contributed by atoms with van der Waals surface area (Å²) in [6.45, 7) is 6.08. The lowest BCUT2D eigenvalue weighted by Gasteiger charge is -2.22. The highest BCUT2D eigenvalue weighted by Gasteiger charge is 2.22. The maximum Gasteiger partial charge on any atom is 0.231 e. The number of hydrazine groups is 1. The molecule has 0 unspecified atom stereocenters. The molecular formula is C18H21N3O4. The second-order valence-electron chi connectivity index (χ2n) is 6.78. The number of aromatic hydroxyl groups is 2. The molecule has 25 heavy (non-hydrogen) atoms. The van der Waals surface area contributed by atoms with Crippen molar-refractivity contribution in [2.75, 3.05) is 6.79 Å². The summed E-state index contributed by atoms with van der Waals surface area (Å²) < 4.78 is 10.6. The number of phenolic OH excluding ortho intramolecular Hbond substituents is 2. The molecule has 0 atom stereocenters. The van der Waals surface area contributed by atoms with Crippen LogP contribution in [-0.2, 0) is 5.41 Å². The van der Waals surface area contributed by atoms with Crippen molar-refractivity contribution in [3.05, 3.63) is 41.5 Å². The monoisotopic (exact) mass is 343 g/mol. The van der Waals surface area contributed by atoms with E-state index in [0.29, 0.717) is 28.3 Å². The first-order valence-corrected chi connectivity index (χ1v) is 7.81. The summed E-state index contributed by atoms with van der Waals surface area (Å²) in [6, 6.07) is 8.21. The second kappa shape index (κ2) is 6.18. The number of aliphatic imine (C=N–C) groups is 1. The van der Waals surface area contributed by atoms with Crippen LogP contribution in [0.3, 0.4) is 0 Å². The van der Waals surface area contributed by atoms with E-state index in [0.717, 1.165) is 0 Å². The zero-order chi connectivity index (χ0) is 18.2. The summed E-state index contributed by atoms with van der Waals surface area (Å²) in [5, 5.41) is 20.4. The highest BCUT2D eigenvalue weighted by atomic mass is 16.7. The Balaban J connectivity index is 2.06. The van der Waals surface area contributed by atoms with Crippen molar-refractivity contribution in [3.63, 3.8) is 0 Å². The van der Waals surface area contributed by atoms with Crippen molar-refractivity contribution < 1.29 is 19.7 Å². The van der Waals surface area contributed by atoms with Gasteiger partial charge in [0.25, 0.3) is 0 Å². The van der Waals surface area contributed by atoms with Crippen molar-refractivity contribution in [3.8, 4) is 23.0 Å². The highest BCUT2D eigenvalue weighted by molar-refractivity contribution is 6.02. The summed E-state index contributed by atoms with van der Waals surface area (Å²) in [5.74, 6) is 7.04. The van der Waals surface area contributed by atoms with Crippen molar-refractivity contribution in [2.24, 2.45) is 10.8 Å². The molecule has 132 valence electrons. The minimum atomic E-state index is -0.314.